The first-order valence-corrected chi connectivity index (χ1v) is 16.3. The summed E-state index contributed by atoms with van der Waals surface area (Å²) in [7, 11) is -4.60. The zero-order valence-corrected chi connectivity index (χ0v) is 25.0. The predicted octanol–water partition coefficient (Wildman–Crippen LogP) is 1.75. The number of thiophene rings is 1. The maximum atomic E-state index is 13.4. The summed E-state index contributed by atoms with van der Waals surface area (Å²) in [6.45, 7) is 3.56. The Labute approximate surface area is 238 Å². The van der Waals surface area contributed by atoms with E-state index in [2.05, 4.69) is 9.71 Å². The number of benzene rings is 1. The summed E-state index contributed by atoms with van der Waals surface area (Å²) in [5, 5.41) is 11.4. The van der Waals surface area contributed by atoms with Crippen LogP contribution < -0.4 is 9.46 Å². The summed E-state index contributed by atoms with van der Waals surface area (Å²) in [4.78, 5) is 18.8. The maximum absolute atomic E-state index is 13.4. The van der Waals surface area contributed by atoms with Gasteiger partial charge in [0.2, 0.25) is 5.91 Å². The number of ether oxygens (including phenoxy) is 1. The number of hydrogen-bond donors (Lipinski definition) is 2. The van der Waals surface area contributed by atoms with Gasteiger partial charge in [0.25, 0.3) is 20.0 Å². The van der Waals surface area contributed by atoms with Gasteiger partial charge >= 0.3 is 0 Å². The van der Waals surface area contributed by atoms with Crippen LogP contribution in [0.2, 0.25) is 0 Å². The number of fused-ring (bicyclic) bond motifs is 1. The Morgan fingerprint density at radius 2 is 2.02 bits per heavy atom. The van der Waals surface area contributed by atoms with E-state index >= 15 is 0 Å². The van der Waals surface area contributed by atoms with Gasteiger partial charge in [-0.15, -0.1) is 11.3 Å². The van der Waals surface area contributed by atoms with Crippen LogP contribution in [0.5, 0.6) is 5.75 Å². The van der Waals surface area contributed by atoms with Gasteiger partial charge in [-0.3, -0.25) is 9.52 Å². The van der Waals surface area contributed by atoms with E-state index in [-0.39, 0.29) is 52.9 Å². The Hall–Kier alpha value is -2.98. The van der Waals surface area contributed by atoms with E-state index in [0.29, 0.717) is 11.3 Å². The summed E-state index contributed by atoms with van der Waals surface area (Å²) in [6, 6.07) is 7.32. The predicted molar refractivity (Wildman–Crippen MR) is 150 cm³/mol. The van der Waals surface area contributed by atoms with Gasteiger partial charge in [0.15, 0.2) is 5.03 Å². The number of carbonyl (C=O) groups excluding carboxylic acids is 1. The van der Waals surface area contributed by atoms with E-state index in [1.165, 1.54) is 46.6 Å². The molecule has 0 bridgehead atoms. The van der Waals surface area contributed by atoms with Gasteiger partial charge in [0.05, 0.1) is 31.9 Å². The summed E-state index contributed by atoms with van der Waals surface area (Å²) in [5.41, 5.74) is 0.632. The molecule has 4 rings (SSSR count). The van der Waals surface area contributed by atoms with Crippen LogP contribution >= 0.6 is 11.3 Å². The van der Waals surface area contributed by atoms with Crippen molar-refractivity contribution in [1.29, 1.82) is 0 Å². The van der Waals surface area contributed by atoms with Crippen LogP contribution in [0.3, 0.4) is 0 Å². The fraction of sp³-hybridized carbons (Fsp3) is 0.440. The number of rotatable bonds is 9. The molecule has 1 amide bonds. The van der Waals surface area contributed by atoms with Crippen LogP contribution in [0.1, 0.15) is 19.4 Å². The minimum Gasteiger partial charge on any atom is -0.488 e. The number of aryl methyl sites for hydroxylation is 1. The third-order valence-electron chi connectivity index (χ3n) is 6.72. The number of aliphatic hydroxyl groups is 1. The quantitative estimate of drug-likeness (QED) is 0.372. The second kappa shape index (κ2) is 11.9. The maximum Gasteiger partial charge on any atom is 0.280 e. The molecule has 218 valence electrons. The molecule has 0 fully saturated rings. The standard InChI is InChI=1S/C25H33N5O7S3/c1-17-12-30(18(2)15-31)24(32)11-19-10-20(27-39(33,34)23-14-28(3)16-26-23)7-8-21(19)37-22(17)13-29(4)40(35,36)25-6-5-9-38-25/h5-10,14,16-18,22,27,31H,11-13,15H2,1-4H3/t17-,18+,22-/m0/s1. The first-order chi connectivity index (χ1) is 18.8. The molecule has 15 heteroatoms. The second-order valence-corrected chi connectivity index (χ2v) is 14.8. The number of likely N-dealkylation sites (N-methyl/N-ethyl adjacent to an activating group) is 1. The Morgan fingerprint density at radius 3 is 2.65 bits per heavy atom. The third-order valence-corrected chi connectivity index (χ3v) is 11.2. The molecule has 3 atom stereocenters. The minimum absolute atomic E-state index is 0.00440. The zero-order valence-electron chi connectivity index (χ0n) is 22.6. The van der Waals surface area contributed by atoms with E-state index < -0.39 is 32.2 Å². The summed E-state index contributed by atoms with van der Waals surface area (Å²) in [6.07, 6.45) is 1.97. The highest BCUT2D eigenvalue weighted by Crippen LogP contribution is 2.31. The van der Waals surface area contributed by atoms with Crippen molar-refractivity contribution in [3.63, 3.8) is 0 Å². The van der Waals surface area contributed by atoms with Crippen molar-refractivity contribution in [2.75, 3.05) is 31.5 Å². The van der Waals surface area contributed by atoms with E-state index in [1.54, 1.807) is 36.4 Å². The van der Waals surface area contributed by atoms with Crippen LogP contribution in [0.4, 0.5) is 5.69 Å². The molecule has 0 saturated heterocycles. The average molecular weight is 612 g/mol. The van der Waals surface area contributed by atoms with E-state index in [0.717, 1.165) is 11.3 Å². The number of hydrogen-bond acceptors (Lipinski definition) is 9. The van der Waals surface area contributed by atoms with Crippen molar-refractivity contribution in [3.8, 4) is 5.75 Å². The lowest BCUT2D eigenvalue weighted by Crippen LogP contribution is -2.48. The fourth-order valence-corrected chi connectivity index (χ4v) is 7.78. The topological polar surface area (TPSA) is 151 Å². The molecule has 3 heterocycles. The molecule has 0 unspecified atom stereocenters. The molecule has 2 aromatic heterocycles. The van der Waals surface area contributed by atoms with Gasteiger partial charge in [-0.2, -0.15) is 12.7 Å². The summed E-state index contributed by atoms with van der Waals surface area (Å²) < 4.78 is 63.7. The molecule has 3 aromatic rings. The largest absolute Gasteiger partial charge is 0.488 e. The number of carbonyl (C=O) groups is 1. The number of nitrogens with zero attached hydrogens (tertiary/aromatic N) is 4. The van der Waals surface area contributed by atoms with Crippen LogP contribution in [0, 0.1) is 5.92 Å². The van der Waals surface area contributed by atoms with Crippen LogP contribution in [0.15, 0.2) is 57.5 Å². The van der Waals surface area contributed by atoms with Crippen molar-refractivity contribution < 1.29 is 31.5 Å². The SMILES string of the molecule is C[C@H](CO)N1C[C@H](C)[C@H](CN(C)S(=O)(=O)c2cccs2)Oc2ccc(NS(=O)(=O)c3cn(C)cn3)cc2CC1=O. The molecule has 0 radical (unpaired) electrons. The molecule has 12 nitrogen and oxygen atoms in total. The van der Waals surface area contributed by atoms with E-state index in [9.17, 15) is 26.7 Å². The molecule has 1 aromatic carbocycles. The van der Waals surface area contributed by atoms with Gasteiger partial charge in [0, 0.05) is 44.0 Å². The summed E-state index contributed by atoms with van der Waals surface area (Å²) >= 11 is 1.12. The Balaban J connectivity index is 1.68. The molecule has 0 spiro atoms. The molecule has 0 aliphatic carbocycles. The second-order valence-electron chi connectivity index (χ2n) is 9.91. The van der Waals surface area contributed by atoms with Crippen molar-refractivity contribution >= 4 is 43.0 Å². The Bertz CT molecular complexity index is 1550. The van der Waals surface area contributed by atoms with Crippen molar-refractivity contribution in [3.05, 3.63) is 53.8 Å². The van der Waals surface area contributed by atoms with Crippen LogP contribution in [-0.2, 0) is 38.3 Å². The highest BCUT2D eigenvalue weighted by atomic mass is 32.2. The first-order valence-electron chi connectivity index (χ1n) is 12.5. The highest BCUT2D eigenvalue weighted by molar-refractivity contribution is 7.92. The molecule has 1 aliphatic rings. The van der Waals surface area contributed by atoms with Crippen molar-refractivity contribution in [2.45, 2.75) is 41.6 Å². The number of amides is 1. The molecule has 0 saturated carbocycles. The van der Waals surface area contributed by atoms with Crippen molar-refractivity contribution in [1.82, 2.24) is 18.8 Å². The number of imidazole rings is 1. The number of aromatic nitrogens is 2. The number of sulfonamides is 2. The van der Waals surface area contributed by atoms with E-state index in [4.69, 9.17) is 4.74 Å². The van der Waals surface area contributed by atoms with Gasteiger partial charge in [0.1, 0.15) is 16.1 Å². The smallest absolute Gasteiger partial charge is 0.280 e. The molecule has 40 heavy (non-hydrogen) atoms. The van der Waals surface area contributed by atoms with Gasteiger partial charge in [-0.05, 0) is 36.6 Å². The minimum atomic E-state index is -3.98. The van der Waals surface area contributed by atoms with Crippen molar-refractivity contribution in [2.24, 2.45) is 13.0 Å². The van der Waals surface area contributed by atoms with Crippen LogP contribution in [-0.4, -0.2) is 85.5 Å². The van der Waals surface area contributed by atoms with E-state index in [1.807, 2.05) is 6.92 Å². The lowest BCUT2D eigenvalue weighted by atomic mass is 10.0. The normalized spacial score (nSPS) is 19.4. The van der Waals surface area contributed by atoms with Crippen LogP contribution in [0.25, 0.3) is 0 Å². The van der Waals surface area contributed by atoms with Gasteiger partial charge < -0.3 is 19.3 Å². The first kappa shape index (κ1) is 30.0. The fourth-order valence-electron chi connectivity index (χ4n) is 4.36. The lowest BCUT2D eigenvalue weighted by molar-refractivity contribution is -0.134. The number of aliphatic hydroxyl groups excluding tert-OH is 1. The average Bonchev–Trinajstić information content (AvgIpc) is 3.60. The molecule has 1 aliphatic heterocycles. The third kappa shape index (κ3) is 6.49. The zero-order chi connectivity index (χ0) is 29.2. The number of nitrogens with one attached hydrogen (secondary N) is 1. The highest BCUT2D eigenvalue weighted by Gasteiger charge is 2.34. The Morgan fingerprint density at radius 1 is 1.27 bits per heavy atom. The van der Waals surface area contributed by atoms with Gasteiger partial charge in [-0.1, -0.05) is 13.0 Å². The van der Waals surface area contributed by atoms with Gasteiger partial charge in [-0.25, -0.2) is 13.4 Å². The monoisotopic (exact) mass is 611 g/mol. The number of anilines is 1. The molecular formula is C25H33N5O7S3. The lowest BCUT2D eigenvalue weighted by Gasteiger charge is -2.33. The summed E-state index contributed by atoms with van der Waals surface area (Å²) in [5.74, 6) is -0.248. The Kier molecular flexibility index (Phi) is 8.89. The molecular weight excluding hydrogens is 579 g/mol. The molecule has 2 N–H and O–H groups in total.